The van der Waals surface area contributed by atoms with Crippen LogP contribution < -0.4 is 0 Å². The molecular formula is C18H19FN2O3S. The van der Waals surface area contributed by atoms with Gasteiger partial charge in [-0.1, -0.05) is 23.8 Å². The predicted octanol–water partition coefficient (Wildman–Crippen LogP) is 2.28. The molecule has 0 atom stereocenters. The summed E-state index contributed by atoms with van der Waals surface area (Å²) in [6, 6.07) is 12.3. The third-order valence-electron chi connectivity index (χ3n) is 4.22. The van der Waals surface area contributed by atoms with Crippen LogP contribution in [0.15, 0.2) is 53.4 Å². The molecule has 0 spiro atoms. The van der Waals surface area contributed by atoms with Crippen molar-refractivity contribution in [2.75, 3.05) is 26.2 Å². The van der Waals surface area contributed by atoms with Gasteiger partial charge in [0.1, 0.15) is 5.82 Å². The SMILES string of the molecule is Cc1cccc(C(=O)N2CCN(S(=O)(=O)c3cccc(F)c3)CC2)c1. The zero-order valence-corrected chi connectivity index (χ0v) is 14.7. The molecule has 0 aliphatic carbocycles. The standard InChI is InChI=1S/C18H19FN2O3S/c1-14-4-2-5-15(12-14)18(22)20-8-10-21(11-9-20)25(23,24)17-7-3-6-16(19)13-17/h2-7,12-13H,8-11H2,1H3. The minimum absolute atomic E-state index is 0.0639. The molecule has 0 aromatic heterocycles. The van der Waals surface area contributed by atoms with E-state index in [0.29, 0.717) is 18.7 Å². The number of rotatable bonds is 3. The number of aryl methyl sites for hydroxylation is 1. The van der Waals surface area contributed by atoms with Gasteiger partial charge in [-0.3, -0.25) is 4.79 Å². The molecule has 2 aromatic carbocycles. The van der Waals surface area contributed by atoms with Crippen LogP contribution in [0.4, 0.5) is 4.39 Å². The Morgan fingerprint density at radius 2 is 1.68 bits per heavy atom. The number of carbonyl (C=O) groups excluding carboxylic acids is 1. The molecule has 5 nitrogen and oxygen atoms in total. The fraction of sp³-hybridized carbons (Fsp3) is 0.278. The lowest BCUT2D eigenvalue weighted by Gasteiger charge is -2.34. The lowest BCUT2D eigenvalue weighted by Crippen LogP contribution is -2.50. The van der Waals surface area contributed by atoms with Crippen LogP contribution in [0, 0.1) is 12.7 Å². The number of sulfonamides is 1. The number of benzene rings is 2. The first-order chi connectivity index (χ1) is 11.9. The van der Waals surface area contributed by atoms with E-state index in [-0.39, 0.29) is 23.9 Å². The predicted molar refractivity (Wildman–Crippen MR) is 92.2 cm³/mol. The number of hydrogen-bond acceptors (Lipinski definition) is 3. The quantitative estimate of drug-likeness (QED) is 0.842. The first kappa shape index (κ1) is 17.6. The van der Waals surface area contributed by atoms with Gasteiger partial charge in [0.25, 0.3) is 5.91 Å². The molecule has 2 aromatic rings. The number of piperazine rings is 1. The van der Waals surface area contributed by atoms with Crippen molar-refractivity contribution in [2.45, 2.75) is 11.8 Å². The van der Waals surface area contributed by atoms with Gasteiger partial charge in [0.2, 0.25) is 10.0 Å². The van der Waals surface area contributed by atoms with Gasteiger partial charge < -0.3 is 4.90 Å². The van der Waals surface area contributed by atoms with Crippen molar-refractivity contribution in [3.63, 3.8) is 0 Å². The fourth-order valence-electron chi connectivity index (χ4n) is 2.87. The van der Waals surface area contributed by atoms with Gasteiger partial charge in [-0.2, -0.15) is 4.31 Å². The molecule has 1 amide bonds. The molecule has 0 unspecified atom stereocenters. The van der Waals surface area contributed by atoms with E-state index in [2.05, 4.69) is 0 Å². The zero-order chi connectivity index (χ0) is 18.0. The van der Waals surface area contributed by atoms with E-state index in [0.717, 1.165) is 11.6 Å². The van der Waals surface area contributed by atoms with Crippen molar-refractivity contribution >= 4 is 15.9 Å². The highest BCUT2D eigenvalue weighted by molar-refractivity contribution is 7.89. The third kappa shape index (κ3) is 3.72. The highest BCUT2D eigenvalue weighted by Crippen LogP contribution is 2.19. The number of halogens is 1. The maximum Gasteiger partial charge on any atom is 0.253 e. The van der Waals surface area contributed by atoms with Crippen LogP contribution in [0.5, 0.6) is 0 Å². The monoisotopic (exact) mass is 362 g/mol. The third-order valence-corrected chi connectivity index (χ3v) is 6.12. The smallest absolute Gasteiger partial charge is 0.253 e. The Bertz CT molecular complexity index is 891. The molecule has 1 fully saturated rings. The summed E-state index contributed by atoms with van der Waals surface area (Å²) < 4.78 is 39.8. The molecule has 0 bridgehead atoms. The van der Waals surface area contributed by atoms with E-state index in [1.165, 1.54) is 22.5 Å². The highest BCUT2D eigenvalue weighted by Gasteiger charge is 2.30. The second-order valence-corrected chi connectivity index (χ2v) is 7.96. The molecule has 1 aliphatic heterocycles. The fourth-order valence-corrected chi connectivity index (χ4v) is 4.32. The lowest BCUT2D eigenvalue weighted by molar-refractivity contribution is 0.0698. The van der Waals surface area contributed by atoms with Gasteiger partial charge in [0.15, 0.2) is 0 Å². The Balaban J connectivity index is 1.70. The van der Waals surface area contributed by atoms with E-state index in [1.807, 2.05) is 25.1 Å². The van der Waals surface area contributed by atoms with E-state index in [4.69, 9.17) is 0 Å². The number of carbonyl (C=O) groups is 1. The van der Waals surface area contributed by atoms with Crippen LogP contribution >= 0.6 is 0 Å². The Hall–Kier alpha value is -2.25. The highest BCUT2D eigenvalue weighted by atomic mass is 32.2. The molecule has 1 saturated heterocycles. The molecule has 3 rings (SSSR count). The van der Waals surface area contributed by atoms with Crippen molar-refractivity contribution in [1.29, 1.82) is 0 Å². The largest absolute Gasteiger partial charge is 0.336 e. The van der Waals surface area contributed by atoms with Crippen molar-refractivity contribution < 1.29 is 17.6 Å². The van der Waals surface area contributed by atoms with Crippen LogP contribution in [-0.4, -0.2) is 49.7 Å². The average Bonchev–Trinajstić information content (AvgIpc) is 2.61. The van der Waals surface area contributed by atoms with Gasteiger partial charge >= 0.3 is 0 Å². The van der Waals surface area contributed by atoms with Crippen molar-refractivity contribution in [1.82, 2.24) is 9.21 Å². The van der Waals surface area contributed by atoms with Gasteiger partial charge in [-0.15, -0.1) is 0 Å². The lowest BCUT2D eigenvalue weighted by atomic mass is 10.1. The first-order valence-electron chi connectivity index (χ1n) is 7.99. The summed E-state index contributed by atoms with van der Waals surface area (Å²) in [5, 5.41) is 0. The minimum atomic E-state index is -3.75. The van der Waals surface area contributed by atoms with Crippen molar-refractivity contribution in [3.05, 3.63) is 65.5 Å². The Labute approximate surface area is 146 Å². The number of nitrogens with zero attached hydrogens (tertiary/aromatic N) is 2. The summed E-state index contributed by atoms with van der Waals surface area (Å²) >= 11 is 0. The van der Waals surface area contributed by atoms with Crippen LogP contribution in [0.3, 0.4) is 0 Å². The maximum atomic E-state index is 13.3. The molecule has 132 valence electrons. The molecule has 1 heterocycles. The maximum absolute atomic E-state index is 13.3. The van der Waals surface area contributed by atoms with Crippen molar-refractivity contribution in [2.24, 2.45) is 0 Å². The summed E-state index contributed by atoms with van der Waals surface area (Å²) in [5.74, 6) is -0.694. The molecule has 25 heavy (non-hydrogen) atoms. The van der Waals surface area contributed by atoms with Crippen LogP contribution in [-0.2, 0) is 10.0 Å². The normalized spacial score (nSPS) is 16.0. The van der Waals surface area contributed by atoms with E-state index in [1.54, 1.807) is 11.0 Å². The van der Waals surface area contributed by atoms with Gasteiger partial charge in [0.05, 0.1) is 4.90 Å². The minimum Gasteiger partial charge on any atom is -0.336 e. The zero-order valence-electron chi connectivity index (χ0n) is 13.9. The number of amides is 1. The van der Waals surface area contributed by atoms with Crippen molar-refractivity contribution in [3.8, 4) is 0 Å². The molecule has 7 heteroatoms. The van der Waals surface area contributed by atoms with Crippen LogP contribution in [0.1, 0.15) is 15.9 Å². The average molecular weight is 362 g/mol. The van der Waals surface area contributed by atoms with Crippen LogP contribution in [0.25, 0.3) is 0 Å². The topological polar surface area (TPSA) is 57.7 Å². The van der Waals surface area contributed by atoms with E-state index in [9.17, 15) is 17.6 Å². The Morgan fingerprint density at radius 3 is 2.32 bits per heavy atom. The number of hydrogen-bond donors (Lipinski definition) is 0. The molecule has 1 aliphatic rings. The summed E-state index contributed by atoms with van der Waals surface area (Å²) in [7, 11) is -3.75. The molecule has 0 saturated carbocycles. The van der Waals surface area contributed by atoms with Crippen LogP contribution in [0.2, 0.25) is 0 Å². The Kier molecular flexibility index (Phi) is 4.87. The summed E-state index contributed by atoms with van der Waals surface area (Å²) in [6.45, 7) is 2.91. The van der Waals surface area contributed by atoms with E-state index < -0.39 is 15.8 Å². The molecular weight excluding hydrogens is 343 g/mol. The summed E-state index contributed by atoms with van der Waals surface area (Å²) in [5.41, 5.74) is 1.60. The molecule has 0 radical (unpaired) electrons. The van der Waals surface area contributed by atoms with Gasteiger partial charge in [-0.25, -0.2) is 12.8 Å². The Morgan fingerprint density at radius 1 is 1.00 bits per heavy atom. The van der Waals surface area contributed by atoms with Gasteiger partial charge in [-0.05, 0) is 37.3 Å². The molecule has 0 N–H and O–H groups in total. The summed E-state index contributed by atoms with van der Waals surface area (Å²) in [6.07, 6.45) is 0. The van der Waals surface area contributed by atoms with E-state index >= 15 is 0 Å². The second-order valence-electron chi connectivity index (χ2n) is 6.02. The van der Waals surface area contributed by atoms with Gasteiger partial charge in [0, 0.05) is 31.7 Å². The first-order valence-corrected chi connectivity index (χ1v) is 9.43. The summed E-state index contributed by atoms with van der Waals surface area (Å²) in [4.78, 5) is 14.1. The second kappa shape index (κ2) is 6.93.